The molecule has 0 saturated heterocycles. The Bertz CT molecular complexity index is 437. The van der Waals surface area contributed by atoms with Crippen molar-refractivity contribution >= 4 is 11.6 Å². The summed E-state index contributed by atoms with van der Waals surface area (Å²) < 4.78 is 0. The molecule has 0 amide bonds. The molecule has 1 aromatic rings. The first kappa shape index (κ1) is 24.5. The Morgan fingerprint density at radius 1 is 0.741 bits per heavy atom. The van der Waals surface area contributed by atoms with Crippen molar-refractivity contribution in [3.63, 3.8) is 0 Å². The summed E-state index contributed by atoms with van der Waals surface area (Å²) in [6.07, 6.45) is 20.4. The first-order valence-electron chi connectivity index (χ1n) is 11.8. The summed E-state index contributed by atoms with van der Waals surface area (Å²) in [7, 11) is 0. The fourth-order valence-corrected chi connectivity index (χ4v) is 4.22. The molecule has 0 saturated carbocycles. The molecule has 2 atom stereocenters. The van der Waals surface area contributed by atoms with E-state index < -0.39 is 0 Å². The normalized spacial score (nSPS) is 14.8. The highest BCUT2D eigenvalue weighted by Gasteiger charge is 2.29. The van der Waals surface area contributed by atoms with Gasteiger partial charge in [0.05, 0.1) is 0 Å². The predicted molar refractivity (Wildman–Crippen MR) is 124 cm³/mol. The molecule has 0 aliphatic rings. The minimum atomic E-state index is -0.0758. The van der Waals surface area contributed by atoms with Crippen molar-refractivity contribution in [1.82, 2.24) is 0 Å². The second kappa shape index (κ2) is 15.4. The van der Waals surface area contributed by atoms with Gasteiger partial charge in [0.25, 0.3) is 0 Å². The van der Waals surface area contributed by atoms with Crippen molar-refractivity contribution in [3.8, 4) is 0 Å². The minimum Gasteiger partial charge on any atom is -0.119 e. The second-order valence-electron chi connectivity index (χ2n) is 8.70. The summed E-state index contributed by atoms with van der Waals surface area (Å²) in [5.41, 5.74) is 1.43. The maximum atomic E-state index is 6.88. The molecule has 0 radical (unpaired) electrons. The molecule has 0 nitrogen and oxygen atoms in total. The van der Waals surface area contributed by atoms with Gasteiger partial charge in [0, 0.05) is 4.87 Å². The third-order valence-electron chi connectivity index (χ3n) is 6.27. The fraction of sp³-hybridized carbons (Fsp3) is 0.769. The molecule has 156 valence electrons. The van der Waals surface area contributed by atoms with E-state index >= 15 is 0 Å². The lowest BCUT2D eigenvalue weighted by Gasteiger charge is -2.31. The van der Waals surface area contributed by atoms with Gasteiger partial charge in [-0.2, -0.15) is 0 Å². The summed E-state index contributed by atoms with van der Waals surface area (Å²) in [6.45, 7) is 6.76. The molecule has 2 unspecified atom stereocenters. The zero-order valence-electron chi connectivity index (χ0n) is 18.4. The van der Waals surface area contributed by atoms with Crippen molar-refractivity contribution in [1.29, 1.82) is 0 Å². The molecule has 27 heavy (non-hydrogen) atoms. The Morgan fingerprint density at radius 3 is 1.70 bits per heavy atom. The van der Waals surface area contributed by atoms with Gasteiger partial charge in [-0.1, -0.05) is 121 Å². The zero-order chi connectivity index (χ0) is 19.8. The van der Waals surface area contributed by atoms with Crippen molar-refractivity contribution in [2.24, 2.45) is 5.92 Å². The average Bonchev–Trinajstić information content (AvgIpc) is 2.68. The highest BCUT2D eigenvalue weighted by molar-refractivity contribution is 6.23. The van der Waals surface area contributed by atoms with E-state index in [1.54, 1.807) is 0 Å². The Kier molecular flexibility index (Phi) is 14.0. The molecule has 0 aliphatic heterocycles. The first-order chi connectivity index (χ1) is 13.1. The molecule has 1 rings (SSSR count). The van der Waals surface area contributed by atoms with Crippen LogP contribution in [0, 0.1) is 5.92 Å². The summed E-state index contributed by atoms with van der Waals surface area (Å²) in [5, 5.41) is 0. The number of alkyl halides is 1. The van der Waals surface area contributed by atoms with Crippen LogP contribution in [0.5, 0.6) is 0 Å². The molecule has 0 aromatic heterocycles. The SMILES string of the molecule is CCCCCCCCCCCCCCC(Cc1ccccc1)C(C)(Cl)CC. The number of halogens is 1. The quantitative estimate of drug-likeness (QED) is 0.183. The van der Waals surface area contributed by atoms with Crippen LogP contribution in [0.2, 0.25) is 0 Å². The molecule has 0 bridgehead atoms. The van der Waals surface area contributed by atoms with Crippen LogP contribution in [0.3, 0.4) is 0 Å². The third kappa shape index (κ3) is 11.8. The lowest BCUT2D eigenvalue weighted by Crippen LogP contribution is -2.29. The Hall–Kier alpha value is -0.490. The van der Waals surface area contributed by atoms with E-state index in [0.29, 0.717) is 5.92 Å². The molecule has 1 heteroatoms. The van der Waals surface area contributed by atoms with E-state index in [-0.39, 0.29) is 4.87 Å². The lowest BCUT2D eigenvalue weighted by molar-refractivity contribution is 0.341. The van der Waals surface area contributed by atoms with Gasteiger partial charge in [-0.3, -0.25) is 0 Å². The maximum absolute atomic E-state index is 6.88. The van der Waals surface area contributed by atoms with E-state index in [0.717, 1.165) is 12.8 Å². The predicted octanol–water partition coefficient (Wildman–Crippen LogP) is 9.34. The van der Waals surface area contributed by atoms with Crippen molar-refractivity contribution in [2.45, 2.75) is 122 Å². The molecule has 0 N–H and O–H groups in total. The van der Waals surface area contributed by atoms with Crippen molar-refractivity contribution < 1.29 is 0 Å². The first-order valence-corrected chi connectivity index (χ1v) is 12.2. The van der Waals surface area contributed by atoms with Crippen LogP contribution >= 0.6 is 11.6 Å². The van der Waals surface area contributed by atoms with Crippen LogP contribution in [-0.2, 0) is 6.42 Å². The number of rotatable bonds is 17. The number of unbranched alkanes of at least 4 members (excludes halogenated alkanes) is 11. The minimum absolute atomic E-state index is 0.0758. The highest BCUT2D eigenvalue weighted by atomic mass is 35.5. The van der Waals surface area contributed by atoms with Gasteiger partial charge in [0.1, 0.15) is 0 Å². The number of hydrogen-bond acceptors (Lipinski definition) is 0. The topological polar surface area (TPSA) is 0 Å². The Balaban J connectivity index is 2.13. The molecular weight excluding hydrogens is 348 g/mol. The zero-order valence-corrected chi connectivity index (χ0v) is 19.2. The lowest BCUT2D eigenvalue weighted by atomic mass is 9.82. The third-order valence-corrected chi connectivity index (χ3v) is 6.85. The molecule has 1 aromatic carbocycles. The van der Waals surface area contributed by atoms with Crippen LogP contribution in [0.15, 0.2) is 30.3 Å². The van der Waals surface area contributed by atoms with Crippen LogP contribution < -0.4 is 0 Å². The number of hydrogen-bond donors (Lipinski definition) is 0. The maximum Gasteiger partial charge on any atom is 0.0447 e. The van der Waals surface area contributed by atoms with Crippen molar-refractivity contribution in [3.05, 3.63) is 35.9 Å². The van der Waals surface area contributed by atoms with E-state index in [1.807, 2.05) is 0 Å². The van der Waals surface area contributed by atoms with Crippen LogP contribution in [0.25, 0.3) is 0 Å². The molecule has 0 fully saturated rings. The highest BCUT2D eigenvalue weighted by Crippen LogP contribution is 2.35. The molecule has 0 heterocycles. The van der Waals surface area contributed by atoms with Gasteiger partial charge in [-0.05, 0) is 37.7 Å². The smallest absolute Gasteiger partial charge is 0.0447 e. The van der Waals surface area contributed by atoms with Gasteiger partial charge in [-0.25, -0.2) is 0 Å². The van der Waals surface area contributed by atoms with E-state index in [9.17, 15) is 0 Å². The number of benzene rings is 1. The molecule has 0 aliphatic carbocycles. The van der Waals surface area contributed by atoms with Gasteiger partial charge in [-0.15, -0.1) is 11.6 Å². The van der Waals surface area contributed by atoms with E-state index in [4.69, 9.17) is 11.6 Å². The summed E-state index contributed by atoms with van der Waals surface area (Å²) in [5.74, 6) is 0.578. The van der Waals surface area contributed by atoms with Gasteiger partial charge < -0.3 is 0 Å². The monoisotopic (exact) mass is 392 g/mol. The largest absolute Gasteiger partial charge is 0.119 e. The van der Waals surface area contributed by atoms with Crippen LogP contribution in [0.1, 0.15) is 116 Å². The Morgan fingerprint density at radius 2 is 1.22 bits per heavy atom. The Labute approximate surface area is 175 Å². The van der Waals surface area contributed by atoms with Gasteiger partial charge in [0.2, 0.25) is 0 Å². The van der Waals surface area contributed by atoms with Gasteiger partial charge >= 0.3 is 0 Å². The van der Waals surface area contributed by atoms with Crippen LogP contribution in [-0.4, -0.2) is 4.87 Å². The second-order valence-corrected chi connectivity index (χ2v) is 9.56. The van der Waals surface area contributed by atoms with E-state index in [1.165, 1.54) is 89.0 Å². The van der Waals surface area contributed by atoms with E-state index in [2.05, 4.69) is 51.1 Å². The standard InChI is InChI=1S/C26H45Cl/c1-4-6-7-8-9-10-11-12-13-14-15-19-22-25(26(3,27)5-2)23-24-20-17-16-18-21-24/h16-18,20-21,25H,4-15,19,22-23H2,1-3H3. The fourth-order valence-electron chi connectivity index (χ4n) is 4.03. The van der Waals surface area contributed by atoms with Crippen LogP contribution in [0.4, 0.5) is 0 Å². The summed E-state index contributed by atoms with van der Waals surface area (Å²) >= 11 is 6.88. The van der Waals surface area contributed by atoms with Gasteiger partial charge in [0.15, 0.2) is 0 Å². The molecular formula is C26H45Cl. The summed E-state index contributed by atoms with van der Waals surface area (Å²) in [6, 6.07) is 10.9. The van der Waals surface area contributed by atoms with Crippen molar-refractivity contribution in [2.75, 3.05) is 0 Å². The average molecular weight is 393 g/mol. The summed E-state index contributed by atoms with van der Waals surface area (Å²) in [4.78, 5) is -0.0758. The molecule has 0 spiro atoms.